The zero-order chi connectivity index (χ0) is 13.7. The molecule has 0 atom stereocenters. The van der Waals surface area contributed by atoms with Crippen LogP contribution in [0.3, 0.4) is 0 Å². The zero-order valence-corrected chi connectivity index (χ0v) is 11.6. The van der Waals surface area contributed by atoms with Crippen LogP contribution in [0.5, 0.6) is 0 Å². The molecule has 100 valence electrons. The number of amides is 1. The summed E-state index contributed by atoms with van der Waals surface area (Å²) in [5.74, 6) is -0.110. The van der Waals surface area contributed by atoms with Crippen LogP contribution in [0.2, 0.25) is 0 Å². The summed E-state index contributed by atoms with van der Waals surface area (Å²) < 4.78 is 0. The lowest BCUT2D eigenvalue weighted by Gasteiger charge is -2.10. The maximum Gasteiger partial charge on any atom is 0.251 e. The first-order valence-corrected chi connectivity index (χ1v) is 7.01. The normalized spacial score (nSPS) is 10.2. The fourth-order valence-corrected chi connectivity index (χ4v) is 2.47. The fraction of sp³-hybridized carbons (Fsp3) is 0.214. The van der Waals surface area contributed by atoms with Gasteiger partial charge in [0.15, 0.2) is 0 Å². The monoisotopic (exact) mass is 275 g/mol. The number of hydrogen-bond acceptors (Lipinski definition) is 4. The lowest BCUT2D eigenvalue weighted by molar-refractivity contribution is 0.0963. The Labute approximate surface area is 116 Å². The summed E-state index contributed by atoms with van der Waals surface area (Å²) in [6.45, 7) is 0.790. The van der Waals surface area contributed by atoms with Crippen molar-refractivity contribution in [1.82, 2.24) is 5.32 Å². The van der Waals surface area contributed by atoms with Gasteiger partial charge in [-0.3, -0.25) is 4.79 Å². The van der Waals surface area contributed by atoms with Crippen LogP contribution in [0.25, 0.3) is 0 Å². The molecule has 1 amide bonds. The van der Waals surface area contributed by atoms with Gasteiger partial charge in [-0.2, -0.15) is 11.3 Å². The number of nitrogen functional groups attached to an aromatic ring is 1. The number of rotatable bonds is 5. The van der Waals surface area contributed by atoms with Crippen LogP contribution in [-0.2, 0) is 6.42 Å². The molecule has 0 aliphatic carbocycles. The molecular weight excluding hydrogens is 258 g/mol. The van der Waals surface area contributed by atoms with Crippen LogP contribution >= 0.6 is 11.3 Å². The van der Waals surface area contributed by atoms with Gasteiger partial charge in [-0.1, -0.05) is 0 Å². The predicted molar refractivity (Wildman–Crippen MR) is 80.8 cm³/mol. The van der Waals surface area contributed by atoms with Gasteiger partial charge in [0.1, 0.15) is 0 Å². The van der Waals surface area contributed by atoms with E-state index in [1.807, 2.05) is 0 Å². The lowest BCUT2D eigenvalue weighted by atomic mass is 10.1. The van der Waals surface area contributed by atoms with Crippen molar-refractivity contribution in [2.24, 2.45) is 0 Å². The molecule has 0 unspecified atom stereocenters. The van der Waals surface area contributed by atoms with Crippen molar-refractivity contribution < 1.29 is 4.79 Å². The summed E-state index contributed by atoms with van der Waals surface area (Å²) >= 11 is 1.69. The Bertz CT molecular complexity index is 552. The minimum absolute atomic E-state index is 0.110. The molecule has 19 heavy (non-hydrogen) atoms. The lowest BCUT2D eigenvalue weighted by Crippen LogP contribution is -2.18. The summed E-state index contributed by atoms with van der Waals surface area (Å²) in [4.78, 5) is 11.6. The highest BCUT2D eigenvalue weighted by molar-refractivity contribution is 7.07. The van der Waals surface area contributed by atoms with E-state index in [4.69, 9.17) is 5.73 Å². The molecule has 0 saturated heterocycles. The van der Waals surface area contributed by atoms with Crippen LogP contribution in [0, 0.1) is 0 Å². The molecule has 2 aromatic rings. The minimum Gasteiger partial charge on any atom is -0.397 e. The number of hydrogen-bond donors (Lipinski definition) is 3. The van der Waals surface area contributed by atoms with E-state index in [0.717, 1.165) is 18.7 Å². The highest BCUT2D eigenvalue weighted by atomic mass is 32.1. The number of nitrogens with two attached hydrogens (primary N) is 1. The van der Waals surface area contributed by atoms with Crippen molar-refractivity contribution in [3.8, 4) is 0 Å². The molecule has 5 heteroatoms. The van der Waals surface area contributed by atoms with Gasteiger partial charge in [0.25, 0.3) is 5.91 Å². The molecule has 2 rings (SSSR count). The summed E-state index contributed by atoms with van der Waals surface area (Å²) in [6, 6.07) is 7.36. The Morgan fingerprint density at radius 3 is 2.89 bits per heavy atom. The van der Waals surface area contributed by atoms with E-state index in [2.05, 4.69) is 27.5 Å². The van der Waals surface area contributed by atoms with Gasteiger partial charge >= 0.3 is 0 Å². The molecule has 1 heterocycles. The molecule has 0 aliphatic heterocycles. The number of carbonyl (C=O) groups is 1. The van der Waals surface area contributed by atoms with Crippen LogP contribution in [0.15, 0.2) is 35.0 Å². The average molecular weight is 275 g/mol. The molecule has 4 N–H and O–H groups in total. The van der Waals surface area contributed by atoms with Gasteiger partial charge in [-0.25, -0.2) is 0 Å². The molecule has 1 aromatic heterocycles. The second-order valence-corrected chi connectivity index (χ2v) is 4.97. The Morgan fingerprint density at radius 2 is 2.21 bits per heavy atom. The maximum atomic E-state index is 11.6. The van der Waals surface area contributed by atoms with Crippen molar-refractivity contribution >= 4 is 28.6 Å². The topological polar surface area (TPSA) is 67.2 Å². The Morgan fingerprint density at radius 1 is 1.37 bits per heavy atom. The molecule has 0 bridgehead atoms. The Hall–Kier alpha value is -2.01. The van der Waals surface area contributed by atoms with E-state index >= 15 is 0 Å². The molecule has 0 saturated carbocycles. The molecule has 0 aliphatic rings. The van der Waals surface area contributed by atoms with Gasteiger partial charge in [0.2, 0.25) is 0 Å². The number of nitrogens with one attached hydrogen (secondary N) is 2. The number of anilines is 2. The highest BCUT2D eigenvalue weighted by Gasteiger charge is 2.06. The largest absolute Gasteiger partial charge is 0.397 e. The van der Waals surface area contributed by atoms with Crippen LogP contribution < -0.4 is 16.4 Å². The molecule has 0 radical (unpaired) electrons. The first-order valence-electron chi connectivity index (χ1n) is 6.07. The fourth-order valence-electron chi connectivity index (χ4n) is 1.77. The Balaban J connectivity index is 2.00. The summed E-state index contributed by atoms with van der Waals surface area (Å²) in [5.41, 5.74) is 9.26. The highest BCUT2D eigenvalue weighted by Crippen LogP contribution is 2.20. The number of thiophene rings is 1. The summed E-state index contributed by atoms with van der Waals surface area (Å²) in [6.07, 6.45) is 0.938. The SMILES string of the molecule is CNC(=O)c1ccc(N)c(NCCc2ccsc2)c1. The van der Waals surface area contributed by atoms with E-state index in [9.17, 15) is 4.79 Å². The van der Waals surface area contributed by atoms with Crippen LogP contribution in [-0.4, -0.2) is 19.5 Å². The quantitative estimate of drug-likeness (QED) is 0.734. The second kappa shape index (κ2) is 6.24. The van der Waals surface area contributed by atoms with Crippen molar-refractivity contribution in [2.45, 2.75) is 6.42 Å². The van der Waals surface area contributed by atoms with Crippen LogP contribution in [0.4, 0.5) is 11.4 Å². The van der Waals surface area contributed by atoms with E-state index in [1.165, 1.54) is 5.56 Å². The van der Waals surface area contributed by atoms with Gasteiger partial charge in [-0.15, -0.1) is 0 Å². The number of carbonyl (C=O) groups excluding carboxylic acids is 1. The average Bonchev–Trinajstić information content (AvgIpc) is 2.93. The van der Waals surface area contributed by atoms with Crippen molar-refractivity contribution in [1.29, 1.82) is 0 Å². The first-order chi connectivity index (χ1) is 9.20. The Kier molecular flexibility index (Phi) is 4.41. The summed E-state index contributed by atoms with van der Waals surface area (Å²) in [7, 11) is 1.61. The van der Waals surface area contributed by atoms with E-state index in [1.54, 1.807) is 36.6 Å². The predicted octanol–water partition coefficient (Wildman–Crippen LogP) is 2.34. The standard InChI is InChI=1S/C14H17N3OS/c1-16-14(18)11-2-3-12(15)13(8-11)17-6-4-10-5-7-19-9-10/h2-3,5,7-9,17H,4,6,15H2,1H3,(H,16,18). The van der Waals surface area contributed by atoms with Crippen LogP contribution in [0.1, 0.15) is 15.9 Å². The van der Waals surface area contributed by atoms with Gasteiger partial charge in [0.05, 0.1) is 11.4 Å². The molecule has 1 aromatic carbocycles. The van der Waals surface area contributed by atoms with Crippen molar-refractivity contribution in [3.63, 3.8) is 0 Å². The van der Waals surface area contributed by atoms with E-state index in [0.29, 0.717) is 11.3 Å². The third-order valence-electron chi connectivity index (χ3n) is 2.85. The van der Waals surface area contributed by atoms with Crippen molar-refractivity contribution in [3.05, 3.63) is 46.2 Å². The van der Waals surface area contributed by atoms with Gasteiger partial charge in [0, 0.05) is 19.2 Å². The minimum atomic E-state index is -0.110. The maximum absolute atomic E-state index is 11.6. The molecular formula is C14H17N3OS. The zero-order valence-electron chi connectivity index (χ0n) is 10.8. The van der Waals surface area contributed by atoms with Gasteiger partial charge in [-0.05, 0) is 47.0 Å². The van der Waals surface area contributed by atoms with Crippen molar-refractivity contribution in [2.75, 3.05) is 24.6 Å². The summed E-state index contributed by atoms with van der Waals surface area (Å²) in [5, 5.41) is 10.1. The smallest absolute Gasteiger partial charge is 0.251 e. The van der Waals surface area contributed by atoms with Gasteiger partial charge < -0.3 is 16.4 Å². The third kappa shape index (κ3) is 3.48. The second-order valence-electron chi connectivity index (χ2n) is 4.19. The van der Waals surface area contributed by atoms with E-state index < -0.39 is 0 Å². The molecule has 4 nitrogen and oxygen atoms in total. The van der Waals surface area contributed by atoms with E-state index in [-0.39, 0.29) is 5.91 Å². The third-order valence-corrected chi connectivity index (χ3v) is 3.58. The molecule has 0 spiro atoms. The molecule has 0 fully saturated rings. The number of benzene rings is 1. The first kappa shape index (κ1) is 13.4.